The molecule has 0 aromatic rings. The summed E-state index contributed by atoms with van der Waals surface area (Å²) in [5, 5.41) is 0. The van der Waals surface area contributed by atoms with Crippen LogP contribution in [0.3, 0.4) is 0 Å². The van der Waals surface area contributed by atoms with Crippen LogP contribution in [-0.4, -0.2) is 23.6 Å². The molecule has 4 nitrogen and oxygen atoms in total. The van der Waals surface area contributed by atoms with Crippen LogP contribution in [0, 0.1) is 56.7 Å². The van der Waals surface area contributed by atoms with Crippen LogP contribution in [0.4, 0.5) is 0 Å². The fraction of sp³-hybridized carbons (Fsp3) is 0.875. The van der Waals surface area contributed by atoms with E-state index in [1.54, 1.807) is 6.92 Å². The van der Waals surface area contributed by atoms with Crippen LogP contribution in [0.2, 0.25) is 0 Å². The molecule has 11 atom stereocenters. The van der Waals surface area contributed by atoms with Crippen LogP contribution in [0.15, 0.2) is 12.2 Å². The molecule has 4 heteroatoms. The van der Waals surface area contributed by atoms with Gasteiger partial charge in [0.2, 0.25) is 0 Å². The zero-order chi connectivity index (χ0) is 26.1. The Kier molecular flexibility index (Phi) is 5.00. The number of esters is 2. The van der Waals surface area contributed by atoms with Gasteiger partial charge in [0.1, 0.15) is 11.7 Å². The van der Waals surface area contributed by atoms with E-state index < -0.39 is 5.60 Å². The number of hydrogen-bond acceptors (Lipinski definition) is 4. The lowest BCUT2D eigenvalue weighted by Crippen LogP contribution is -2.71. The number of carbonyl (C=O) groups excluding carboxylic acids is 2. The molecule has 1 heterocycles. The Bertz CT molecular complexity index is 1030. The first-order valence-electron chi connectivity index (χ1n) is 14.8. The van der Waals surface area contributed by atoms with Crippen LogP contribution < -0.4 is 0 Å². The van der Waals surface area contributed by atoms with Gasteiger partial charge in [0.25, 0.3) is 0 Å². The third-order valence-electron chi connectivity index (χ3n) is 14.1. The quantitative estimate of drug-likeness (QED) is 0.287. The minimum Gasteiger partial charge on any atom is -0.462 e. The summed E-state index contributed by atoms with van der Waals surface area (Å²) in [5.74, 6) is 2.27. The number of fused-ring (bicyclic) bond motifs is 4. The van der Waals surface area contributed by atoms with Gasteiger partial charge < -0.3 is 9.47 Å². The molecule has 4 saturated carbocycles. The van der Waals surface area contributed by atoms with Crippen molar-refractivity contribution in [3.05, 3.63) is 12.2 Å². The van der Waals surface area contributed by atoms with Gasteiger partial charge in [0.05, 0.1) is 5.41 Å². The van der Waals surface area contributed by atoms with Gasteiger partial charge >= 0.3 is 11.9 Å². The predicted molar refractivity (Wildman–Crippen MR) is 140 cm³/mol. The van der Waals surface area contributed by atoms with Gasteiger partial charge in [0.15, 0.2) is 0 Å². The molecule has 0 radical (unpaired) electrons. The lowest BCUT2D eigenvalue weighted by molar-refractivity contribution is -0.247. The largest absolute Gasteiger partial charge is 0.462 e. The van der Waals surface area contributed by atoms with Crippen molar-refractivity contribution in [2.75, 3.05) is 0 Å². The van der Waals surface area contributed by atoms with Crippen molar-refractivity contribution < 1.29 is 19.1 Å². The maximum absolute atomic E-state index is 13.7. The van der Waals surface area contributed by atoms with Crippen LogP contribution in [-0.2, 0) is 19.1 Å². The molecule has 6 rings (SSSR count). The maximum atomic E-state index is 13.7. The second-order valence-corrected chi connectivity index (χ2v) is 15.3. The van der Waals surface area contributed by atoms with Crippen molar-refractivity contribution in [1.82, 2.24) is 0 Å². The summed E-state index contributed by atoms with van der Waals surface area (Å²) < 4.78 is 12.6. The topological polar surface area (TPSA) is 52.6 Å². The highest BCUT2D eigenvalue weighted by Gasteiger charge is 2.80. The fourth-order valence-electron chi connectivity index (χ4n) is 11.8. The number of allylic oxidation sites excluding steroid dienone is 1. The van der Waals surface area contributed by atoms with Crippen molar-refractivity contribution in [2.45, 2.75) is 118 Å². The van der Waals surface area contributed by atoms with E-state index >= 15 is 0 Å². The van der Waals surface area contributed by atoms with E-state index in [1.807, 2.05) is 0 Å². The van der Waals surface area contributed by atoms with Crippen molar-refractivity contribution in [2.24, 2.45) is 56.7 Å². The summed E-state index contributed by atoms with van der Waals surface area (Å²) in [4.78, 5) is 25.6. The van der Waals surface area contributed by atoms with Gasteiger partial charge in [-0.05, 0) is 91.9 Å². The third-order valence-corrected chi connectivity index (χ3v) is 14.1. The van der Waals surface area contributed by atoms with E-state index in [0.29, 0.717) is 23.7 Å². The summed E-state index contributed by atoms with van der Waals surface area (Å²) >= 11 is 0. The van der Waals surface area contributed by atoms with Gasteiger partial charge in [-0.1, -0.05) is 54.5 Å². The van der Waals surface area contributed by atoms with Crippen LogP contribution in [0.5, 0.6) is 0 Å². The van der Waals surface area contributed by atoms with E-state index in [-0.39, 0.29) is 51.0 Å². The van der Waals surface area contributed by atoms with Crippen molar-refractivity contribution in [3.8, 4) is 0 Å². The van der Waals surface area contributed by atoms with Crippen LogP contribution >= 0.6 is 0 Å². The number of carbonyl (C=O) groups is 2. The highest BCUT2D eigenvalue weighted by molar-refractivity contribution is 5.82. The summed E-state index contributed by atoms with van der Waals surface area (Å²) in [6.45, 7) is 18.6. The van der Waals surface area contributed by atoms with Gasteiger partial charge in [0, 0.05) is 23.7 Å². The molecule has 0 N–H and O–H groups in total. The zero-order valence-corrected chi connectivity index (χ0v) is 23.9. The molecule has 0 aromatic carbocycles. The molecule has 36 heavy (non-hydrogen) atoms. The summed E-state index contributed by atoms with van der Waals surface area (Å²) in [6.07, 6.45) is 13.4. The molecule has 1 saturated heterocycles. The first-order chi connectivity index (χ1) is 16.7. The van der Waals surface area contributed by atoms with Gasteiger partial charge in [-0.15, -0.1) is 0 Å². The standard InChI is InChI=1S/C32H48O4/c1-19-9-15-31-18-17-30(8)29(7)14-10-22-27(4,5)24(35-21(3)33)12-13-28(22,6)23(29)11-16-32(30,36-26(31)34)25(31)20(19)2/h11,16,19-20,22-25H,9-10,12-15,17-18H2,1-8H3/t19-,20+,22?,23?,24+,25?,28+,29-,30+,31+,32+/m1/s1. The molecule has 200 valence electrons. The lowest BCUT2D eigenvalue weighted by Gasteiger charge is -2.72. The first kappa shape index (κ1) is 25.0. The van der Waals surface area contributed by atoms with Crippen molar-refractivity contribution >= 4 is 11.9 Å². The molecular weight excluding hydrogens is 448 g/mol. The summed E-state index contributed by atoms with van der Waals surface area (Å²) in [5.41, 5.74) is -0.681. The minimum atomic E-state index is -0.477. The highest BCUT2D eigenvalue weighted by atomic mass is 16.6. The molecule has 5 aliphatic carbocycles. The molecule has 0 amide bonds. The maximum Gasteiger partial charge on any atom is 0.313 e. The molecule has 0 aromatic heterocycles. The summed E-state index contributed by atoms with van der Waals surface area (Å²) in [6, 6.07) is 0. The molecule has 6 aliphatic rings. The third kappa shape index (κ3) is 2.58. The van der Waals surface area contributed by atoms with E-state index in [1.165, 1.54) is 0 Å². The minimum absolute atomic E-state index is 0.0115. The number of rotatable bonds is 1. The second-order valence-electron chi connectivity index (χ2n) is 15.3. The Morgan fingerprint density at radius 3 is 2.39 bits per heavy atom. The zero-order valence-electron chi connectivity index (χ0n) is 23.9. The van der Waals surface area contributed by atoms with Gasteiger partial charge in [-0.25, -0.2) is 0 Å². The van der Waals surface area contributed by atoms with E-state index in [2.05, 4.69) is 60.6 Å². The molecular formula is C32H48O4. The van der Waals surface area contributed by atoms with E-state index in [4.69, 9.17) is 9.47 Å². The van der Waals surface area contributed by atoms with Crippen LogP contribution in [0.25, 0.3) is 0 Å². The highest BCUT2D eigenvalue weighted by Crippen LogP contribution is 2.79. The number of hydrogen-bond donors (Lipinski definition) is 0. The molecule has 3 unspecified atom stereocenters. The fourth-order valence-corrected chi connectivity index (χ4v) is 11.8. The van der Waals surface area contributed by atoms with Gasteiger partial charge in [-0.3, -0.25) is 9.59 Å². The Hall–Kier alpha value is -1.32. The van der Waals surface area contributed by atoms with Crippen molar-refractivity contribution in [1.29, 1.82) is 0 Å². The number of ether oxygens (including phenoxy) is 2. The van der Waals surface area contributed by atoms with Crippen molar-refractivity contribution in [3.63, 3.8) is 0 Å². The Labute approximate surface area is 218 Å². The predicted octanol–water partition coefficient (Wildman–Crippen LogP) is 7.11. The smallest absolute Gasteiger partial charge is 0.313 e. The average Bonchev–Trinajstić information content (AvgIpc) is 2.99. The van der Waals surface area contributed by atoms with Crippen LogP contribution in [0.1, 0.15) is 107 Å². The SMILES string of the molecule is CC(=O)O[C@H]1CC[C@@]2(C)C(CC[C@]3(C)C2C=C[C@]24OC(=O)[C@@]5(CC[C@@H](C)[C@H](C)C52)CC[C@]43C)C1(C)C. The van der Waals surface area contributed by atoms with Gasteiger partial charge in [-0.2, -0.15) is 0 Å². The lowest BCUT2D eigenvalue weighted by atomic mass is 9.32. The first-order valence-corrected chi connectivity index (χ1v) is 14.8. The Morgan fingerprint density at radius 1 is 0.972 bits per heavy atom. The monoisotopic (exact) mass is 496 g/mol. The van der Waals surface area contributed by atoms with E-state index in [9.17, 15) is 9.59 Å². The Morgan fingerprint density at radius 2 is 1.69 bits per heavy atom. The Balaban J connectivity index is 1.46. The molecule has 1 aliphatic heterocycles. The molecule has 1 spiro atoms. The average molecular weight is 497 g/mol. The van der Waals surface area contributed by atoms with E-state index in [0.717, 1.165) is 51.4 Å². The second kappa shape index (κ2) is 7.20. The molecule has 2 bridgehead atoms. The summed E-state index contributed by atoms with van der Waals surface area (Å²) in [7, 11) is 0. The molecule has 5 fully saturated rings. The normalized spacial score (nSPS) is 56.5.